The summed E-state index contributed by atoms with van der Waals surface area (Å²) in [7, 11) is 1.41. The van der Waals surface area contributed by atoms with Gasteiger partial charge in [0.2, 0.25) is 0 Å². The van der Waals surface area contributed by atoms with E-state index in [9.17, 15) is 22.8 Å². The first-order valence-electron chi connectivity index (χ1n) is 6.75. The minimum Gasteiger partial charge on any atom is -0.478 e. The van der Waals surface area contributed by atoms with E-state index in [0.717, 1.165) is 29.2 Å². The number of carboxylic acid groups (broad SMARTS) is 1. The number of alkyl halides is 3. The number of nitrogens with one attached hydrogen (secondary N) is 1. The molecule has 0 fully saturated rings. The lowest BCUT2D eigenvalue weighted by Gasteiger charge is -2.09. The number of hydrogen-bond donors (Lipinski definition) is 2. The minimum atomic E-state index is -4.47. The Kier molecular flexibility index (Phi) is 4.86. The maximum atomic E-state index is 12.6. The van der Waals surface area contributed by atoms with Crippen molar-refractivity contribution in [3.8, 4) is 0 Å². The monoisotopic (exact) mass is 342 g/mol. The number of carbonyl (C=O) groups is 2. The van der Waals surface area contributed by atoms with Crippen LogP contribution in [0.5, 0.6) is 0 Å². The zero-order valence-electron chi connectivity index (χ0n) is 12.5. The van der Waals surface area contributed by atoms with Gasteiger partial charge in [-0.05, 0) is 12.1 Å². The van der Waals surface area contributed by atoms with Crippen LogP contribution < -0.4 is 5.32 Å². The Bertz CT molecular complexity index is 771. The molecule has 24 heavy (non-hydrogen) atoms. The predicted molar refractivity (Wildman–Crippen MR) is 75.4 cm³/mol. The zero-order valence-corrected chi connectivity index (χ0v) is 12.5. The highest BCUT2D eigenvalue weighted by molar-refractivity contribution is 6.03. The summed E-state index contributed by atoms with van der Waals surface area (Å²) < 4.78 is 38.9. The van der Waals surface area contributed by atoms with E-state index in [4.69, 9.17) is 5.11 Å². The molecule has 10 heteroatoms. The molecule has 128 valence electrons. The van der Waals surface area contributed by atoms with Crippen molar-refractivity contribution in [3.63, 3.8) is 0 Å². The Hall–Kier alpha value is -2.91. The summed E-state index contributed by atoms with van der Waals surface area (Å²) in [5.41, 5.74) is -1.06. The number of aromatic nitrogens is 3. The molecule has 0 saturated carbocycles. The fourth-order valence-electron chi connectivity index (χ4n) is 2.04. The van der Waals surface area contributed by atoms with Crippen molar-refractivity contribution in [2.24, 2.45) is 7.05 Å². The van der Waals surface area contributed by atoms with Gasteiger partial charge in [0, 0.05) is 31.9 Å². The second-order valence-electron chi connectivity index (χ2n) is 4.88. The molecule has 0 unspecified atom stereocenters. The highest BCUT2D eigenvalue weighted by Gasteiger charge is 2.30. The lowest BCUT2D eigenvalue weighted by Crippen LogP contribution is -2.29. The molecule has 2 N–H and O–H groups in total. The van der Waals surface area contributed by atoms with Crippen LogP contribution in [0.2, 0.25) is 0 Å². The van der Waals surface area contributed by atoms with Crippen molar-refractivity contribution < 1.29 is 27.9 Å². The normalized spacial score (nSPS) is 11.3. The second kappa shape index (κ2) is 6.69. The first kappa shape index (κ1) is 17.4. The second-order valence-corrected chi connectivity index (χ2v) is 4.88. The maximum absolute atomic E-state index is 12.6. The summed E-state index contributed by atoms with van der Waals surface area (Å²) in [4.78, 5) is 26.9. The number of pyridine rings is 1. The molecule has 0 bridgehead atoms. The molecule has 0 aliphatic carbocycles. The van der Waals surface area contributed by atoms with Gasteiger partial charge in [0.25, 0.3) is 5.91 Å². The highest BCUT2D eigenvalue weighted by Crippen LogP contribution is 2.28. The molecule has 0 aliphatic rings. The number of nitrogens with zero attached hydrogens (tertiary/aromatic N) is 3. The van der Waals surface area contributed by atoms with Crippen LogP contribution >= 0.6 is 0 Å². The number of aryl methyl sites for hydroxylation is 1. The van der Waals surface area contributed by atoms with Crippen LogP contribution in [-0.2, 0) is 19.6 Å². The fourth-order valence-corrected chi connectivity index (χ4v) is 2.04. The van der Waals surface area contributed by atoms with Gasteiger partial charge in [-0.1, -0.05) is 0 Å². The van der Waals surface area contributed by atoms with Crippen LogP contribution in [0.4, 0.5) is 13.2 Å². The van der Waals surface area contributed by atoms with Crippen molar-refractivity contribution in [1.82, 2.24) is 20.1 Å². The van der Waals surface area contributed by atoms with Gasteiger partial charge in [-0.15, -0.1) is 0 Å². The molecule has 7 nitrogen and oxygen atoms in total. The van der Waals surface area contributed by atoms with Gasteiger partial charge >= 0.3 is 12.1 Å². The quantitative estimate of drug-likeness (QED) is 0.858. The third kappa shape index (κ3) is 3.89. The molecule has 2 rings (SSSR count). The number of carbonyl (C=O) groups excluding carboxylic acids is 1. The average Bonchev–Trinajstić information content (AvgIpc) is 2.88. The Balaban J connectivity index is 2.01. The summed E-state index contributed by atoms with van der Waals surface area (Å²) in [6.07, 6.45) is -2.31. The Labute approximate surface area is 134 Å². The molecule has 0 atom stereocenters. The van der Waals surface area contributed by atoms with Crippen molar-refractivity contribution in [1.29, 1.82) is 0 Å². The van der Waals surface area contributed by atoms with Crippen LogP contribution in [0.1, 0.15) is 32.1 Å². The minimum absolute atomic E-state index is 0.00260. The average molecular weight is 342 g/mol. The smallest absolute Gasteiger partial charge is 0.416 e. The third-order valence-electron chi connectivity index (χ3n) is 3.19. The first-order valence-corrected chi connectivity index (χ1v) is 6.75. The SMILES string of the molecule is Cn1ncc(C(=O)O)c1C(=O)NCCc1cc(C(F)(F)F)ccn1. The summed E-state index contributed by atoms with van der Waals surface area (Å²) in [5, 5.41) is 15.1. The van der Waals surface area contributed by atoms with Gasteiger partial charge in [-0.25, -0.2) is 4.79 Å². The molecule has 0 saturated heterocycles. The van der Waals surface area contributed by atoms with Crippen LogP contribution in [-0.4, -0.2) is 38.3 Å². The van der Waals surface area contributed by atoms with Crippen molar-refractivity contribution in [2.45, 2.75) is 12.6 Å². The number of amides is 1. The Morgan fingerprint density at radius 2 is 2.08 bits per heavy atom. The van der Waals surface area contributed by atoms with E-state index in [1.165, 1.54) is 7.05 Å². The number of carboxylic acids is 1. The molecule has 0 aliphatic heterocycles. The first-order chi connectivity index (χ1) is 11.2. The topological polar surface area (TPSA) is 97.1 Å². The van der Waals surface area contributed by atoms with Crippen LogP contribution in [0.25, 0.3) is 0 Å². The van der Waals surface area contributed by atoms with E-state index >= 15 is 0 Å². The molecule has 0 radical (unpaired) electrons. The molecule has 2 aromatic rings. The van der Waals surface area contributed by atoms with Crippen LogP contribution in [0.15, 0.2) is 24.5 Å². The van der Waals surface area contributed by atoms with E-state index in [2.05, 4.69) is 15.4 Å². The predicted octanol–water partition coefficient (Wildman–Crippen LogP) is 1.50. The molecular weight excluding hydrogens is 329 g/mol. The van der Waals surface area contributed by atoms with Crippen LogP contribution in [0, 0.1) is 0 Å². The van der Waals surface area contributed by atoms with E-state index in [1.54, 1.807) is 0 Å². The summed E-state index contributed by atoms with van der Waals surface area (Å²) in [6, 6.07) is 1.76. The zero-order chi connectivity index (χ0) is 17.9. The Morgan fingerprint density at radius 3 is 2.71 bits per heavy atom. The van der Waals surface area contributed by atoms with Gasteiger partial charge in [0.15, 0.2) is 0 Å². The number of halogens is 3. The standard InChI is InChI=1S/C14H13F3N4O3/c1-21-11(10(7-20-21)13(23)24)12(22)19-5-3-9-6-8(2-4-18-9)14(15,16)17/h2,4,6-7H,3,5H2,1H3,(H,19,22)(H,23,24). The van der Waals surface area contributed by atoms with Crippen molar-refractivity contribution in [2.75, 3.05) is 6.54 Å². The number of rotatable bonds is 5. The molecule has 2 heterocycles. The fraction of sp³-hybridized carbons (Fsp3) is 0.286. The number of hydrogen-bond acceptors (Lipinski definition) is 4. The van der Waals surface area contributed by atoms with E-state index in [0.29, 0.717) is 0 Å². The van der Waals surface area contributed by atoms with Gasteiger partial charge in [-0.2, -0.15) is 18.3 Å². The van der Waals surface area contributed by atoms with E-state index in [1.807, 2.05) is 0 Å². The highest BCUT2D eigenvalue weighted by atomic mass is 19.4. The van der Waals surface area contributed by atoms with E-state index < -0.39 is 23.6 Å². The number of aromatic carboxylic acids is 1. The van der Waals surface area contributed by atoms with E-state index in [-0.39, 0.29) is 29.9 Å². The van der Waals surface area contributed by atoms with Gasteiger partial charge in [0.05, 0.1) is 11.8 Å². The lowest BCUT2D eigenvalue weighted by molar-refractivity contribution is -0.137. The molecule has 1 amide bonds. The largest absolute Gasteiger partial charge is 0.478 e. The van der Waals surface area contributed by atoms with Gasteiger partial charge in [-0.3, -0.25) is 14.5 Å². The van der Waals surface area contributed by atoms with Gasteiger partial charge in [0.1, 0.15) is 11.3 Å². The van der Waals surface area contributed by atoms with Gasteiger partial charge < -0.3 is 10.4 Å². The van der Waals surface area contributed by atoms with Crippen molar-refractivity contribution in [3.05, 3.63) is 47.0 Å². The lowest BCUT2D eigenvalue weighted by atomic mass is 10.2. The summed E-state index contributed by atoms with van der Waals surface area (Å²) >= 11 is 0. The van der Waals surface area contributed by atoms with Crippen LogP contribution in [0.3, 0.4) is 0 Å². The molecule has 2 aromatic heterocycles. The summed E-state index contributed by atoms with van der Waals surface area (Å²) in [6.45, 7) is -0.00260. The molecule has 0 aromatic carbocycles. The summed E-state index contributed by atoms with van der Waals surface area (Å²) in [5.74, 6) is -1.98. The molecular formula is C14H13F3N4O3. The Morgan fingerprint density at radius 1 is 1.38 bits per heavy atom. The molecule has 0 spiro atoms. The third-order valence-corrected chi connectivity index (χ3v) is 3.19. The van der Waals surface area contributed by atoms with Crippen molar-refractivity contribution >= 4 is 11.9 Å². The maximum Gasteiger partial charge on any atom is 0.416 e.